The van der Waals surface area contributed by atoms with E-state index >= 15 is 0 Å². The van der Waals surface area contributed by atoms with Crippen LogP contribution in [0.15, 0.2) is 85.2 Å². The molecule has 2 aromatic heterocycles. The number of aromatic hydroxyl groups is 1. The fraction of sp³-hybridized carbons (Fsp3) is 0.207. The third-order valence-corrected chi connectivity index (χ3v) is 7.01. The highest BCUT2D eigenvalue weighted by atomic mass is 32.1. The fourth-order valence-electron chi connectivity index (χ4n) is 4.76. The molecule has 0 unspecified atom stereocenters. The van der Waals surface area contributed by atoms with Gasteiger partial charge in [-0.2, -0.15) is 0 Å². The molecule has 5 rings (SSSR count). The molecule has 37 heavy (non-hydrogen) atoms. The van der Waals surface area contributed by atoms with E-state index in [0.29, 0.717) is 11.7 Å². The molecular weight excluding hydrogens is 482 g/mol. The molecule has 3 heterocycles. The van der Waals surface area contributed by atoms with Crippen LogP contribution in [0.4, 0.5) is 5.69 Å². The van der Waals surface area contributed by atoms with Crippen molar-refractivity contribution in [3.8, 4) is 11.4 Å². The molecule has 1 amide bonds. The number of phenols is 1. The number of carbonyl (C=O) groups is 1. The Morgan fingerprint density at radius 2 is 1.89 bits per heavy atom. The van der Waals surface area contributed by atoms with Crippen molar-refractivity contribution in [1.29, 1.82) is 0 Å². The molecule has 188 valence electrons. The lowest BCUT2D eigenvalue weighted by atomic mass is 10.0. The second kappa shape index (κ2) is 10.4. The van der Waals surface area contributed by atoms with Gasteiger partial charge in [-0.3, -0.25) is 9.78 Å². The summed E-state index contributed by atoms with van der Waals surface area (Å²) in [5.41, 5.74) is 5.75. The molecule has 2 atom stereocenters. The molecule has 1 saturated heterocycles. The van der Waals surface area contributed by atoms with Gasteiger partial charge in [0.15, 0.2) is 5.11 Å². The molecule has 0 bridgehead atoms. The van der Waals surface area contributed by atoms with E-state index in [4.69, 9.17) is 12.2 Å². The molecule has 3 N–H and O–H groups in total. The minimum atomic E-state index is -0.195. The number of carbonyl (C=O) groups excluding carboxylic acids is 1. The smallest absolute Gasteiger partial charge is 0.226 e. The highest BCUT2D eigenvalue weighted by molar-refractivity contribution is 7.80. The number of phenolic OH excluding ortho intramolecular Hbond substituents is 1. The molecule has 1 fully saturated rings. The summed E-state index contributed by atoms with van der Waals surface area (Å²) in [6, 6.07) is 22.6. The zero-order chi connectivity index (χ0) is 25.9. The number of rotatable bonds is 7. The van der Waals surface area contributed by atoms with Gasteiger partial charge in [-0.25, -0.2) is 0 Å². The van der Waals surface area contributed by atoms with Gasteiger partial charge in [0.25, 0.3) is 0 Å². The van der Waals surface area contributed by atoms with E-state index in [1.807, 2.05) is 74.6 Å². The molecule has 0 saturated carbocycles. The van der Waals surface area contributed by atoms with Crippen LogP contribution in [0.25, 0.3) is 5.69 Å². The van der Waals surface area contributed by atoms with Crippen molar-refractivity contribution in [3.05, 3.63) is 108 Å². The van der Waals surface area contributed by atoms with Crippen LogP contribution in [0.3, 0.4) is 0 Å². The van der Waals surface area contributed by atoms with Gasteiger partial charge in [-0.15, -0.1) is 0 Å². The van der Waals surface area contributed by atoms with Crippen molar-refractivity contribution in [2.45, 2.75) is 32.4 Å². The predicted molar refractivity (Wildman–Crippen MR) is 149 cm³/mol. The molecule has 0 aliphatic carbocycles. The Hall–Kier alpha value is -4.17. The number of amides is 1. The Balaban J connectivity index is 1.44. The van der Waals surface area contributed by atoms with Crippen molar-refractivity contribution in [2.24, 2.45) is 0 Å². The summed E-state index contributed by atoms with van der Waals surface area (Å²) in [4.78, 5) is 19.6. The monoisotopic (exact) mass is 511 g/mol. The van der Waals surface area contributed by atoms with Crippen LogP contribution in [0.1, 0.15) is 41.0 Å². The maximum Gasteiger partial charge on any atom is 0.226 e. The number of nitrogens with zero attached hydrogens (tertiary/aromatic N) is 3. The summed E-state index contributed by atoms with van der Waals surface area (Å²) in [6.45, 7) is 4.44. The van der Waals surface area contributed by atoms with Gasteiger partial charge >= 0.3 is 0 Å². The first-order chi connectivity index (χ1) is 17.9. The van der Waals surface area contributed by atoms with Crippen molar-refractivity contribution >= 4 is 28.9 Å². The number of anilines is 1. The zero-order valence-corrected chi connectivity index (χ0v) is 21.6. The van der Waals surface area contributed by atoms with Crippen LogP contribution in [0.5, 0.6) is 5.75 Å². The predicted octanol–water partition coefficient (Wildman–Crippen LogP) is 5.20. The Morgan fingerprint density at radius 1 is 1.08 bits per heavy atom. The second-order valence-corrected chi connectivity index (χ2v) is 9.64. The lowest BCUT2D eigenvalue weighted by Gasteiger charge is -2.29. The number of aromatic nitrogens is 2. The van der Waals surface area contributed by atoms with Gasteiger partial charge < -0.3 is 25.2 Å². The first-order valence-electron chi connectivity index (χ1n) is 12.2. The van der Waals surface area contributed by atoms with Gasteiger partial charge in [0.1, 0.15) is 5.75 Å². The Kier molecular flexibility index (Phi) is 6.92. The number of thiocarbonyl (C=S) groups is 1. The maximum absolute atomic E-state index is 13.0. The minimum Gasteiger partial charge on any atom is -0.508 e. The van der Waals surface area contributed by atoms with Gasteiger partial charge in [0.05, 0.1) is 17.8 Å². The van der Waals surface area contributed by atoms with Crippen molar-refractivity contribution in [3.63, 3.8) is 0 Å². The highest BCUT2D eigenvalue weighted by Crippen LogP contribution is 2.39. The molecule has 7 nitrogen and oxygen atoms in total. The van der Waals surface area contributed by atoms with E-state index < -0.39 is 0 Å². The summed E-state index contributed by atoms with van der Waals surface area (Å²) < 4.78 is 2.08. The largest absolute Gasteiger partial charge is 0.508 e. The van der Waals surface area contributed by atoms with Crippen LogP contribution in [0.2, 0.25) is 0 Å². The number of hydrogen-bond acceptors (Lipinski definition) is 4. The zero-order valence-electron chi connectivity index (χ0n) is 20.8. The topological polar surface area (TPSA) is 82.4 Å². The molecule has 8 heteroatoms. The van der Waals surface area contributed by atoms with E-state index in [1.54, 1.807) is 18.3 Å². The average molecular weight is 512 g/mol. The Morgan fingerprint density at radius 3 is 2.65 bits per heavy atom. The van der Waals surface area contributed by atoms with Crippen molar-refractivity contribution < 1.29 is 9.90 Å². The Labute approximate surface area is 221 Å². The van der Waals surface area contributed by atoms with Crippen LogP contribution >= 0.6 is 12.2 Å². The third-order valence-electron chi connectivity index (χ3n) is 6.66. The SMILES string of the molecule is Cc1ccc(C)c(NC(=O)CCN2C(=S)N[C@H](c3ccccn3)[C@@H]2c2cccn2-c2ccc(O)cc2)c1. The molecule has 0 radical (unpaired) electrons. The molecule has 1 aliphatic heterocycles. The fourth-order valence-corrected chi connectivity index (χ4v) is 5.09. The van der Waals surface area contributed by atoms with Crippen molar-refractivity contribution in [1.82, 2.24) is 19.8 Å². The highest BCUT2D eigenvalue weighted by Gasteiger charge is 2.41. The summed E-state index contributed by atoms with van der Waals surface area (Å²) in [5.74, 6) is 0.148. The third kappa shape index (κ3) is 5.20. The quantitative estimate of drug-likeness (QED) is 0.296. The van der Waals surface area contributed by atoms with Gasteiger partial charge in [-0.1, -0.05) is 18.2 Å². The molecular formula is C29H29N5O2S. The molecule has 4 aromatic rings. The molecule has 0 spiro atoms. The molecule has 2 aromatic carbocycles. The maximum atomic E-state index is 13.0. The lowest BCUT2D eigenvalue weighted by molar-refractivity contribution is -0.116. The van der Waals surface area contributed by atoms with Crippen LogP contribution in [-0.2, 0) is 4.79 Å². The number of pyridine rings is 1. The summed E-state index contributed by atoms with van der Waals surface area (Å²) in [7, 11) is 0. The van der Waals surface area contributed by atoms with E-state index in [-0.39, 0.29) is 30.2 Å². The number of benzene rings is 2. The first kappa shape index (κ1) is 24.5. The standard InChI is InChI=1S/C29H29N5O2S/c1-19-8-9-20(2)24(18-19)31-26(36)14-17-34-28(27(32-29(34)37)23-6-3-4-15-30-23)25-7-5-16-33(25)21-10-12-22(35)13-11-21/h3-13,15-16,18,27-28,35H,14,17H2,1-2H3,(H,31,36)(H,32,37)/t27-,28+/m1/s1. The summed E-state index contributed by atoms with van der Waals surface area (Å²) in [5, 5.41) is 16.9. The van der Waals surface area contributed by atoms with E-state index in [1.165, 1.54) is 0 Å². The van der Waals surface area contributed by atoms with Crippen LogP contribution < -0.4 is 10.6 Å². The van der Waals surface area contributed by atoms with Gasteiger partial charge in [0, 0.05) is 42.4 Å². The number of aryl methyl sites for hydroxylation is 2. The van der Waals surface area contributed by atoms with E-state index in [9.17, 15) is 9.90 Å². The van der Waals surface area contributed by atoms with E-state index in [2.05, 4.69) is 31.2 Å². The summed E-state index contributed by atoms with van der Waals surface area (Å²) in [6.07, 6.45) is 4.04. The minimum absolute atomic E-state index is 0.0644. The van der Waals surface area contributed by atoms with Gasteiger partial charge in [0.2, 0.25) is 5.91 Å². The van der Waals surface area contributed by atoms with Gasteiger partial charge in [-0.05, 0) is 91.8 Å². The van der Waals surface area contributed by atoms with Crippen LogP contribution in [0, 0.1) is 13.8 Å². The average Bonchev–Trinajstić information content (AvgIpc) is 3.50. The number of hydrogen-bond donors (Lipinski definition) is 3. The van der Waals surface area contributed by atoms with Crippen molar-refractivity contribution in [2.75, 3.05) is 11.9 Å². The molecule has 1 aliphatic rings. The Bertz CT molecular complexity index is 1420. The first-order valence-corrected chi connectivity index (χ1v) is 12.6. The number of nitrogens with one attached hydrogen (secondary N) is 2. The summed E-state index contributed by atoms with van der Waals surface area (Å²) >= 11 is 5.78. The second-order valence-electron chi connectivity index (χ2n) is 9.26. The van der Waals surface area contributed by atoms with Crippen LogP contribution in [-0.4, -0.2) is 37.1 Å². The van der Waals surface area contributed by atoms with E-state index in [0.717, 1.165) is 33.9 Å². The normalized spacial score (nSPS) is 17.0. The lowest BCUT2D eigenvalue weighted by Crippen LogP contribution is -2.33.